The number of ether oxygens (including phenoxy) is 2. The molecule has 9 heteroatoms. The normalized spacial score (nSPS) is 13.5. The van der Waals surface area contributed by atoms with Gasteiger partial charge >= 0.3 is 0 Å². The number of fused-ring (bicyclic) bond motifs is 1. The summed E-state index contributed by atoms with van der Waals surface area (Å²) in [7, 11) is -0.954. The van der Waals surface area contributed by atoms with E-state index in [1.54, 1.807) is 6.07 Å². The molecule has 1 N–H and O–H groups in total. The lowest BCUT2D eigenvalue weighted by molar-refractivity contribution is 0.0949. The Hall–Kier alpha value is -2.29. The highest BCUT2D eigenvalue weighted by Crippen LogP contribution is 2.33. The van der Waals surface area contributed by atoms with E-state index in [2.05, 4.69) is 5.32 Å². The van der Waals surface area contributed by atoms with Gasteiger partial charge in [-0.1, -0.05) is 23.7 Å². The third-order valence-corrected chi connectivity index (χ3v) is 6.34. The summed E-state index contributed by atoms with van der Waals surface area (Å²) in [6.07, 6.45) is 0. The lowest BCUT2D eigenvalue weighted by atomic mass is 10.1. The Balaban J connectivity index is 1.80. The minimum Gasteiger partial charge on any atom is -0.486 e. The average molecular weight is 411 g/mol. The van der Waals surface area contributed by atoms with Crippen molar-refractivity contribution in [1.29, 1.82) is 0 Å². The van der Waals surface area contributed by atoms with Crippen LogP contribution in [0.25, 0.3) is 0 Å². The van der Waals surface area contributed by atoms with Crippen molar-refractivity contribution in [2.24, 2.45) is 0 Å². The maximum Gasteiger partial charge on any atom is 0.251 e. The lowest BCUT2D eigenvalue weighted by Crippen LogP contribution is -2.26. The van der Waals surface area contributed by atoms with Gasteiger partial charge in [0.05, 0.1) is 5.02 Å². The minimum atomic E-state index is -3.76. The van der Waals surface area contributed by atoms with Crippen LogP contribution in [0, 0.1) is 0 Å². The lowest BCUT2D eigenvalue weighted by Gasteiger charge is -2.21. The fraction of sp³-hybridized carbons (Fsp3) is 0.278. The Morgan fingerprint density at radius 3 is 2.67 bits per heavy atom. The van der Waals surface area contributed by atoms with E-state index in [0.29, 0.717) is 24.7 Å². The molecule has 0 saturated carbocycles. The minimum absolute atomic E-state index is 0.0583. The van der Waals surface area contributed by atoms with E-state index >= 15 is 0 Å². The van der Waals surface area contributed by atoms with Crippen LogP contribution in [0.15, 0.2) is 41.3 Å². The molecular formula is C18H19ClN2O5S. The number of carbonyl (C=O) groups excluding carboxylic acids is 1. The van der Waals surface area contributed by atoms with E-state index < -0.39 is 15.9 Å². The van der Waals surface area contributed by atoms with Crippen LogP contribution in [-0.4, -0.2) is 45.9 Å². The van der Waals surface area contributed by atoms with Gasteiger partial charge in [-0.3, -0.25) is 4.79 Å². The first-order valence-electron chi connectivity index (χ1n) is 8.18. The predicted molar refractivity (Wildman–Crippen MR) is 101 cm³/mol. The van der Waals surface area contributed by atoms with Crippen LogP contribution in [0.2, 0.25) is 5.02 Å². The number of hydrogen-bond acceptors (Lipinski definition) is 5. The molecule has 3 rings (SSSR count). The van der Waals surface area contributed by atoms with Crippen LogP contribution >= 0.6 is 11.6 Å². The highest BCUT2D eigenvalue weighted by Gasteiger charge is 2.23. The summed E-state index contributed by atoms with van der Waals surface area (Å²) in [5.41, 5.74) is 0.970. The van der Waals surface area contributed by atoms with Crippen LogP contribution in [0.4, 0.5) is 0 Å². The van der Waals surface area contributed by atoms with Crippen molar-refractivity contribution in [3.05, 3.63) is 52.5 Å². The van der Waals surface area contributed by atoms with Gasteiger partial charge < -0.3 is 14.8 Å². The molecule has 144 valence electrons. The van der Waals surface area contributed by atoms with Gasteiger partial charge in [0.1, 0.15) is 18.1 Å². The highest BCUT2D eigenvalue weighted by atomic mass is 35.5. The van der Waals surface area contributed by atoms with Gasteiger partial charge in [-0.25, -0.2) is 12.7 Å². The number of benzene rings is 2. The molecule has 0 bridgehead atoms. The Labute approximate surface area is 162 Å². The molecule has 2 aromatic rings. The fourth-order valence-electron chi connectivity index (χ4n) is 2.59. The summed E-state index contributed by atoms with van der Waals surface area (Å²) in [4.78, 5) is 12.4. The monoisotopic (exact) mass is 410 g/mol. The van der Waals surface area contributed by atoms with E-state index in [-0.39, 0.29) is 22.0 Å². The van der Waals surface area contributed by atoms with Crippen molar-refractivity contribution >= 4 is 27.5 Å². The van der Waals surface area contributed by atoms with Crippen LogP contribution < -0.4 is 14.8 Å². The molecule has 2 aromatic carbocycles. The van der Waals surface area contributed by atoms with Gasteiger partial charge in [-0.2, -0.15) is 0 Å². The number of rotatable bonds is 5. The number of carbonyl (C=O) groups is 1. The smallest absolute Gasteiger partial charge is 0.251 e. The van der Waals surface area contributed by atoms with Gasteiger partial charge in [0.15, 0.2) is 11.5 Å². The van der Waals surface area contributed by atoms with Crippen molar-refractivity contribution < 1.29 is 22.7 Å². The fourth-order valence-corrected chi connectivity index (χ4v) is 3.98. The van der Waals surface area contributed by atoms with E-state index in [1.165, 1.54) is 32.3 Å². The molecular weight excluding hydrogens is 392 g/mol. The first kappa shape index (κ1) is 19.5. The van der Waals surface area contributed by atoms with Gasteiger partial charge in [0.25, 0.3) is 5.91 Å². The van der Waals surface area contributed by atoms with Crippen LogP contribution in [0.3, 0.4) is 0 Å². The summed E-state index contributed by atoms with van der Waals surface area (Å²) in [6.45, 7) is 1.14. The quantitative estimate of drug-likeness (QED) is 0.817. The number of nitrogens with one attached hydrogen (secondary N) is 1. The van der Waals surface area contributed by atoms with Crippen molar-refractivity contribution in [3.8, 4) is 11.5 Å². The molecule has 0 spiro atoms. The van der Waals surface area contributed by atoms with E-state index in [9.17, 15) is 13.2 Å². The van der Waals surface area contributed by atoms with Crippen molar-refractivity contribution in [2.75, 3.05) is 27.3 Å². The summed E-state index contributed by atoms with van der Waals surface area (Å²) in [5, 5.41) is 2.82. The Bertz CT molecular complexity index is 976. The van der Waals surface area contributed by atoms with Crippen LogP contribution in [0.5, 0.6) is 11.5 Å². The molecule has 7 nitrogen and oxygen atoms in total. The standard InChI is InChI=1S/C18H19ClN2O5S/c1-21(2)27(23,24)16-10-12(6-7-14(16)19)18(22)20-11-13-4-3-5-15-17(13)26-9-8-25-15/h3-7,10H,8-9,11H2,1-2H3,(H,20,22). The Morgan fingerprint density at radius 1 is 1.19 bits per heavy atom. The summed E-state index contributed by atoms with van der Waals surface area (Å²) in [6, 6.07) is 9.60. The molecule has 0 atom stereocenters. The number of halogens is 1. The molecule has 1 aliphatic rings. The average Bonchev–Trinajstić information content (AvgIpc) is 2.66. The molecule has 1 amide bonds. The number of sulfonamides is 1. The molecule has 1 aliphatic heterocycles. The zero-order chi connectivity index (χ0) is 19.6. The molecule has 1 heterocycles. The summed E-state index contributed by atoms with van der Waals surface area (Å²) in [5.74, 6) is 0.825. The number of para-hydroxylation sites is 1. The Kier molecular flexibility index (Phi) is 5.59. The second-order valence-electron chi connectivity index (χ2n) is 6.06. The zero-order valence-electron chi connectivity index (χ0n) is 14.9. The van der Waals surface area contributed by atoms with E-state index in [1.807, 2.05) is 12.1 Å². The first-order valence-corrected chi connectivity index (χ1v) is 10.0. The number of amides is 1. The molecule has 0 saturated heterocycles. The third kappa shape index (κ3) is 4.02. The third-order valence-electron chi connectivity index (χ3n) is 4.04. The van der Waals surface area contributed by atoms with Crippen molar-refractivity contribution in [1.82, 2.24) is 9.62 Å². The van der Waals surface area contributed by atoms with Crippen LogP contribution in [0.1, 0.15) is 15.9 Å². The van der Waals surface area contributed by atoms with Crippen molar-refractivity contribution in [3.63, 3.8) is 0 Å². The van der Waals surface area contributed by atoms with E-state index in [0.717, 1.165) is 9.87 Å². The number of nitrogens with zero attached hydrogens (tertiary/aromatic N) is 1. The molecule has 27 heavy (non-hydrogen) atoms. The largest absolute Gasteiger partial charge is 0.486 e. The second-order valence-corrected chi connectivity index (χ2v) is 8.58. The van der Waals surface area contributed by atoms with Gasteiger partial charge in [-0.15, -0.1) is 0 Å². The zero-order valence-corrected chi connectivity index (χ0v) is 16.4. The predicted octanol–water partition coefficient (Wildman–Crippen LogP) is 2.29. The highest BCUT2D eigenvalue weighted by molar-refractivity contribution is 7.89. The van der Waals surface area contributed by atoms with Crippen molar-refractivity contribution in [2.45, 2.75) is 11.4 Å². The first-order chi connectivity index (χ1) is 12.8. The molecule has 0 aliphatic carbocycles. The van der Waals surface area contributed by atoms with Gasteiger partial charge in [0, 0.05) is 31.8 Å². The second kappa shape index (κ2) is 7.75. The number of hydrogen-bond donors (Lipinski definition) is 1. The SMILES string of the molecule is CN(C)S(=O)(=O)c1cc(C(=O)NCc2cccc3c2OCCO3)ccc1Cl. The Morgan fingerprint density at radius 2 is 1.93 bits per heavy atom. The van der Waals surface area contributed by atoms with E-state index in [4.69, 9.17) is 21.1 Å². The topological polar surface area (TPSA) is 84.9 Å². The van der Waals surface area contributed by atoms with Gasteiger partial charge in [-0.05, 0) is 24.3 Å². The van der Waals surface area contributed by atoms with Crippen LogP contribution in [-0.2, 0) is 16.6 Å². The molecule has 0 radical (unpaired) electrons. The maximum absolute atomic E-state index is 12.5. The summed E-state index contributed by atoms with van der Waals surface area (Å²) < 4.78 is 36.9. The van der Waals surface area contributed by atoms with Gasteiger partial charge in [0.2, 0.25) is 10.0 Å². The maximum atomic E-state index is 12.5. The molecule has 0 fully saturated rings. The molecule has 0 aromatic heterocycles. The summed E-state index contributed by atoms with van der Waals surface area (Å²) >= 11 is 6.01. The molecule has 0 unspecified atom stereocenters.